The lowest BCUT2D eigenvalue weighted by atomic mass is 10.0. The summed E-state index contributed by atoms with van der Waals surface area (Å²) in [6.45, 7) is 7.34. The number of anilines is 1. The van der Waals surface area contributed by atoms with Gasteiger partial charge in [0.15, 0.2) is 0 Å². The summed E-state index contributed by atoms with van der Waals surface area (Å²) >= 11 is 0. The Morgan fingerprint density at radius 2 is 2.13 bits per heavy atom. The quantitative estimate of drug-likeness (QED) is 0.751. The molecule has 0 bridgehead atoms. The molecule has 2 rings (SSSR count). The molecular weight excluding hydrogens is 186 g/mol. The maximum atomic E-state index is 5.14. The molecule has 15 heavy (non-hydrogen) atoms. The fraction of sp³-hybridized carbons (Fsp3) is 0.538. The van der Waals surface area contributed by atoms with Crippen LogP contribution in [0.1, 0.15) is 16.7 Å². The number of aryl methyl sites for hydroxylation is 2. The van der Waals surface area contributed by atoms with Gasteiger partial charge in [-0.2, -0.15) is 0 Å². The van der Waals surface area contributed by atoms with Crippen molar-refractivity contribution in [1.82, 2.24) is 0 Å². The zero-order chi connectivity index (χ0) is 10.8. The topological polar surface area (TPSA) is 12.5 Å². The zero-order valence-corrected chi connectivity index (χ0v) is 9.84. The van der Waals surface area contributed by atoms with Gasteiger partial charge in [0.05, 0.1) is 6.61 Å². The molecule has 1 aliphatic rings. The van der Waals surface area contributed by atoms with Gasteiger partial charge in [0.2, 0.25) is 0 Å². The molecule has 0 saturated carbocycles. The lowest BCUT2D eigenvalue weighted by Crippen LogP contribution is -2.24. The van der Waals surface area contributed by atoms with Gasteiger partial charge in [0, 0.05) is 25.9 Å². The number of benzene rings is 1. The van der Waals surface area contributed by atoms with Crippen molar-refractivity contribution in [3.05, 3.63) is 28.8 Å². The molecule has 0 aromatic heterocycles. The van der Waals surface area contributed by atoms with Crippen LogP contribution in [0.3, 0.4) is 0 Å². The maximum Gasteiger partial charge on any atom is 0.0637 e. The van der Waals surface area contributed by atoms with Crippen molar-refractivity contribution >= 4 is 5.69 Å². The van der Waals surface area contributed by atoms with Crippen LogP contribution in [0.4, 0.5) is 5.69 Å². The smallest absolute Gasteiger partial charge is 0.0637 e. The van der Waals surface area contributed by atoms with Crippen LogP contribution >= 0.6 is 0 Å². The van der Waals surface area contributed by atoms with E-state index >= 15 is 0 Å². The van der Waals surface area contributed by atoms with Crippen LogP contribution in [-0.2, 0) is 11.2 Å². The van der Waals surface area contributed by atoms with Crippen LogP contribution in [0.2, 0.25) is 0 Å². The van der Waals surface area contributed by atoms with E-state index < -0.39 is 0 Å². The van der Waals surface area contributed by atoms with Gasteiger partial charge in [-0.1, -0.05) is 6.07 Å². The van der Waals surface area contributed by atoms with Gasteiger partial charge in [-0.15, -0.1) is 0 Å². The number of ether oxygens (including phenoxy) is 1. The molecule has 1 aromatic carbocycles. The van der Waals surface area contributed by atoms with Crippen molar-refractivity contribution in [2.45, 2.75) is 20.3 Å². The number of hydrogen-bond acceptors (Lipinski definition) is 2. The molecule has 82 valence electrons. The molecular formula is C13H19NO. The third-order valence-electron chi connectivity index (χ3n) is 3.13. The summed E-state index contributed by atoms with van der Waals surface area (Å²) in [5.41, 5.74) is 5.74. The van der Waals surface area contributed by atoms with Crippen LogP contribution in [-0.4, -0.2) is 26.8 Å². The molecule has 0 amide bonds. The molecule has 2 heteroatoms. The van der Waals surface area contributed by atoms with Crippen molar-refractivity contribution in [1.29, 1.82) is 0 Å². The van der Waals surface area contributed by atoms with E-state index in [0.29, 0.717) is 0 Å². The second-order valence-electron chi connectivity index (χ2n) is 4.31. The molecule has 0 aliphatic carbocycles. The van der Waals surface area contributed by atoms with Crippen LogP contribution in [0.5, 0.6) is 0 Å². The molecule has 0 N–H and O–H groups in total. The molecule has 0 radical (unpaired) electrons. The Morgan fingerprint density at radius 1 is 1.33 bits per heavy atom. The van der Waals surface area contributed by atoms with E-state index in [1.165, 1.54) is 28.8 Å². The van der Waals surface area contributed by atoms with E-state index in [0.717, 1.165) is 19.7 Å². The van der Waals surface area contributed by atoms with Gasteiger partial charge in [0.25, 0.3) is 0 Å². The Balaban J connectivity index is 2.25. The van der Waals surface area contributed by atoms with Gasteiger partial charge in [0.1, 0.15) is 0 Å². The number of hydrogen-bond donors (Lipinski definition) is 0. The minimum atomic E-state index is 0.812. The molecule has 1 heterocycles. The molecule has 0 saturated heterocycles. The normalized spacial score (nSPS) is 14.5. The molecule has 0 fully saturated rings. The third kappa shape index (κ3) is 2.00. The van der Waals surface area contributed by atoms with Gasteiger partial charge in [-0.05, 0) is 43.0 Å². The van der Waals surface area contributed by atoms with E-state index in [-0.39, 0.29) is 0 Å². The van der Waals surface area contributed by atoms with E-state index in [9.17, 15) is 0 Å². The van der Waals surface area contributed by atoms with Crippen LogP contribution < -0.4 is 4.90 Å². The number of fused-ring (bicyclic) bond motifs is 1. The molecule has 2 nitrogen and oxygen atoms in total. The summed E-state index contributed by atoms with van der Waals surface area (Å²) < 4.78 is 5.14. The lowest BCUT2D eigenvalue weighted by Gasteiger charge is -2.19. The third-order valence-corrected chi connectivity index (χ3v) is 3.13. The average Bonchev–Trinajstić information content (AvgIpc) is 2.58. The van der Waals surface area contributed by atoms with E-state index in [1.54, 1.807) is 7.11 Å². The highest BCUT2D eigenvalue weighted by atomic mass is 16.5. The van der Waals surface area contributed by atoms with Crippen LogP contribution in [0.15, 0.2) is 12.1 Å². The number of nitrogens with zero attached hydrogens (tertiary/aromatic N) is 1. The highest BCUT2D eigenvalue weighted by molar-refractivity contribution is 5.62. The summed E-state index contributed by atoms with van der Waals surface area (Å²) in [5.74, 6) is 0. The summed E-state index contributed by atoms with van der Waals surface area (Å²) in [5, 5.41) is 0. The van der Waals surface area contributed by atoms with Crippen LogP contribution in [0, 0.1) is 13.8 Å². The Kier molecular flexibility index (Phi) is 2.96. The lowest BCUT2D eigenvalue weighted by molar-refractivity contribution is 0.205. The number of methoxy groups -OCH3 is 1. The first-order valence-corrected chi connectivity index (χ1v) is 5.56. The fourth-order valence-electron chi connectivity index (χ4n) is 2.38. The average molecular weight is 205 g/mol. The van der Waals surface area contributed by atoms with Crippen molar-refractivity contribution in [2.24, 2.45) is 0 Å². The largest absolute Gasteiger partial charge is 0.383 e. The van der Waals surface area contributed by atoms with Gasteiger partial charge in [-0.25, -0.2) is 0 Å². The summed E-state index contributed by atoms with van der Waals surface area (Å²) in [4.78, 5) is 2.43. The predicted molar refractivity (Wildman–Crippen MR) is 63.7 cm³/mol. The Hall–Kier alpha value is -1.02. The first-order valence-electron chi connectivity index (χ1n) is 5.56. The predicted octanol–water partition coefficient (Wildman–Crippen LogP) is 2.31. The standard InChI is InChI=1S/C13H19NO/c1-10-8-11(2)12-4-5-14(6-7-15-3)13(12)9-10/h8-9H,4-7H2,1-3H3. The SMILES string of the molecule is COCCN1CCc2c(C)cc(C)cc21. The maximum absolute atomic E-state index is 5.14. The molecule has 1 aliphatic heterocycles. The van der Waals surface area contributed by atoms with Crippen molar-refractivity contribution < 1.29 is 4.74 Å². The van der Waals surface area contributed by atoms with Crippen molar-refractivity contribution in [2.75, 3.05) is 31.7 Å². The summed E-state index contributed by atoms with van der Waals surface area (Å²) in [6.07, 6.45) is 1.19. The monoisotopic (exact) mass is 205 g/mol. The molecule has 0 spiro atoms. The highest BCUT2D eigenvalue weighted by Gasteiger charge is 2.20. The highest BCUT2D eigenvalue weighted by Crippen LogP contribution is 2.31. The first kappa shape index (κ1) is 10.5. The second-order valence-corrected chi connectivity index (χ2v) is 4.31. The minimum Gasteiger partial charge on any atom is -0.383 e. The van der Waals surface area contributed by atoms with Gasteiger partial charge < -0.3 is 9.64 Å². The van der Waals surface area contributed by atoms with Crippen LogP contribution in [0.25, 0.3) is 0 Å². The van der Waals surface area contributed by atoms with Gasteiger partial charge in [-0.3, -0.25) is 0 Å². The first-order chi connectivity index (χ1) is 7.22. The van der Waals surface area contributed by atoms with Crippen molar-refractivity contribution in [3.8, 4) is 0 Å². The van der Waals surface area contributed by atoms with Crippen molar-refractivity contribution in [3.63, 3.8) is 0 Å². The minimum absolute atomic E-state index is 0.812. The van der Waals surface area contributed by atoms with E-state index in [4.69, 9.17) is 4.74 Å². The Bertz CT molecular complexity index is 360. The fourth-order valence-corrected chi connectivity index (χ4v) is 2.38. The van der Waals surface area contributed by atoms with Gasteiger partial charge >= 0.3 is 0 Å². The number of rotatable bonds is 3. The molecule has 0 atom stereocenters. The van der Waals surface area contributed by atoms with E-state index in [2.05, 4.69) is 30.9 Å². The Labute approximate surface area is 91.9 Å². The second kappa shape index (κ2) is 4.23. The molecule has 1 aromatic rings. The molecule has 0 unspecified atom stereocenters. The zero-order valence-electron chi connectivity index (χ0n) is 9.84. The summed E-state index contributed by atoms with van der Waals surface area (Å²) in [7, 11) is 1.76. The summed E-state index contributed by atoms with van der Waals surface area (Å²) in [6, 6.07) is 4.57. The Morgan fingerprint density at radius 3 is 2.87 bits per heavy atom. The van der Waals surface area contributed by atoms with E-state index in [1.807, 2.05) is 0 Å².